The van der Waals surface area contributed by atoms with E-state index < -0.39 is 42.3 Å². The molecule has 2 aliphatic rings. The highest BCUT2D eigenvalue weighted by atomic mass is 16.4. The van der Waals surface area contributed by atoms with Gasteiger partial charge in [-0.15, -0.1) is 0 Å². The van der Waals surface area contributed by atoms with Gasteiger partial charge in [0, 0.05) is 0 Å². The maximum Gasteiger partial charge on any atom is 0.349 e. The van der Waals surface area contributed by atoms with E-state index in [0.717, 1.165) is 11.1 Å². The number of aromatic nitrogens is 4. The predicted octanol–water partition coefficient (Wildman–Crippen LogP) is -2.36. The first kappa shape index (κ1) is 21.0. The Morgan fingerprint density at radius 1 is 1.00 bits per heavy atom. The number of hydrogen-bond acceptors (Lipinski definition) is 9. The number of rotatable bonds is 6. The predicted molar refractivity (Wildman–Crippen MR) is 102 cm³/mol. The first-order valence-electron chi connectivity index (χ1n) is 8.89. The van der Waals surface area contributed by atoms with E-state index in [0.29, 0.717) is 11.0 Å². The highest BCUT2D eigenvalue weighted by Crippen LogP contribution is 2.24. The molecule has 0 aromatic heterocycles. The van der Waals surface area contributed by atoms with E-state index in [1.54, 1.807) is 12.1 Å². The van der Waals surface area contributed by atoms with Crippen LogP contribution in [0.2, 0.25) is 0 Å². The van der Waals surface area contributed by atoms with Crippen LogP contribution in [0.5, 0.6) is 0 Å². The Labute approximate surface area is 163 Å². The number of fused-ring (bicyclic) bond motifs is 2. The molecule has 0 spiro atoms. The number of aliphatic hydroxyl groups is 5. The summed E-state index contributed by atoms with van der Waals surface area (Å²) >= 11 is 0. The lowest BCUT2D eigenvalue weighted by Gasteiger charge is -2.27. The lowest BCUT2D eigenvalue weighted by atomic mass is 10.0. The molecule has 156 valence electrons. The largest absolute Gasteiger partial charge is 0.394 e. The second-order valence-corrected chi connectivity index (χ2v) is 6.99. The number of H-pyrrole nitrogens is 1. The van der Waals surface area contributed by atoms with Crippen LogP contribution < -0.4 is 11.2 Å². The van der Waals surface area contributed by atoms with Gasteiger partial charge in [0.15, 0.2) is 11.5 Å². The molecule has 11 nitrogen and oxygen atoms in total. The molecule has 0 amide bonds. The van der Waals surface area contributed by atoms with E-state index in [2.05, 4.69) is 9.97 Å². The van der Waals surface area contributed by atoms with Crippen LogP contribution in [0.3, 0.4) is 0 Å². The lowest BCUT2D eigenvalue weighted by molar-refractivity contribution is -0.117. The number of aryl methyl sites for hydroxylation is 2. The van der Waals surface area contributed by atoms with Crippen molar-refractivity contribution in [3.8, 4) is 11.5 Å². The third-order valence-electron chi connectivity index (χ3n) is 4.92. The van der Waals surface area contributed by atoms with E-state index in [1.807, 2.05) is 18.8 Å². The Kier molecular flexibility index (Phi) is 5.78. The average molecular weight is 406 g/mol. The van der Waals surface area contributed by atoms with Crippen molar-refractivity contribution in [3.05, 3.63) is 44.1 Å². The van der Waals surface area contributed by atoms with E-state index in [4.69, 9.17) is 5.11 Å². The molecule has 0 saturated carbocycles. The quantitative estimate of drug-likeness (QED) is 0.244. The van der Waals surface area contributed by atoms with Gasteiger partial charge in [-0.05, 0) is 37.1 Å². The van der Waals surface area contributed by atoms with Gasteiger partial charge >= 0.3 is 5.69 Å². The third-order valence-corrected chi connectivity index (χ3v) is 4.92. The monoisotopic (exact) mass is 406 g/mol. The van der Waals surface area contributed by atoms with Crippen molar-refractivity contribution >= 4 is 11.0 Å². The SMILES string of the molecule is Cc1cc2nc3c(=O)[nH]c(=O)nc-3n(C[C@H](O)[C@@H](O)[C@H](O)[C@H](O)CO)c2cc1C. The number of nitrogens with zero attached hydrogens (tertiary/aromatic N) is 3. The van der Waals surface area contributed by atoms with Gasteiger partial charge in [-0.25, -0.2) is 9.78 Å². The minimum Gasteiger partial charge on any atom is -0.394 e. The summed E-state index contributed by atoms with van der Waals surface area (Å²) < 4.78 is 1.35. The van der Waals surface area contributed by atoms with Crippen molar-refractivity contribution in [2.24, 2.45) is 0 Å². The Hall–Kier alpha value is -2.70. The standard InChI is InChI=1S/C18H22N4O7/c1-7-3-9-10(4-8(7)2)22(5-11(24)14(26)15(27)12(25)6-23)16-13(19-9)17(28)21-18(29)20-16/h3-4,11-12,14-15,23-27H,5-6H2,1-2H3,(H,21,28,29)/t11-,12+,14+,15+/m0/s1. The van der Waals surface area contributed by atoms with Gasteiger partial charge in [-0.3, -0.25) is 9.78 Å². The summed E-state index contributed by atoms with van der Waals surface area (Å²) in [6.45, 7) is 2.53. The molecule has 2 aliphatic heterocycles. The van der Waals surface area contributed by atoms with Crippen LogP contribution in [0.25, 0.3) is 22.6 Å². The molecule has 0 aliphatic carbocycles. The summed E-state index contributed by atoms with van der Waals surface area (Å²) in [6.07, 6.45) is -6.91. The smallest absolute Gasteiger partial charge is 0.349 e. The summed E-state index contributed by atoms with van der Waals surface area (Å²) in [7, 11) is 0. The first-order valence-corrected chi connectivity index (χ1v) is 8.89. The van der Waals surface area contributed by atoms with Crippen LogP contribution in [0, 0.1) is 13.8 Å². The molecule has 1 aromatic carbocycles. The Morgan fingerprint density at radius 3 is 2.28 bits per heavy atom. The van der Waals surface area contributed by atoms with Crippen molar-refractivity contribution in [2.45, 2.75) is 44.8 Å². The minimum atomic E-state index is -1.82. The maximum absolute atomic E-state index is 12.2. The van der Waals surface area contributed by atoms with Crippen molar-refractivity contribution < 1.29 is 25.5 Å². The van der Waals surface area contributed by atoms with Crippen molar-refractivity contribution in [1.29, 1.82) is 0 Å². The minimum absolute atomic E-state index is 0.0991. The summed E-state index contributed by atoms with van der Waals surface area (Å²) in [5.74, 6) is -0.0991. The number of aromatic amines is 1. The van der Waals surface area contributed by atoms with E-state index in [9.17, 15) is 30.0 Å². The van der Waals surface area contributed by atoms with Crippen molar-refractivity contribution in [2.75, 3.05) is 6.61 Å². The van der Waals surface area contributed by atoms with E-state index in [-0.39, 0.29) is 18.1 Å². The van der Waals surface area contributed by atoms with Crippen LogP contribution in [0.15, 0.2) is 21.7 Å². The molecule has 3 rings (SSSR count). The second-order valence-electron chi connectivity index (χ2n) is 6.99. The van der Waals surface area contributed by atoms with Gasteiger partial charge in [0.25, 0.3) is 5.56 Å². The average Bonchev–Trinajstić information content (AvgIpc) is 2.68. The Balaban J connectivity index is 2.19. The van der Waals surface area contributed by atoms with Crippen LogP contribution in [0.4, 0.5) is 0 Å². The van der Waals surface area contributed by atoms with Gasteiger partial charge in [-0.1, -0.05) is 0 Å². The molecule has 0 fully saturated rings. The fourth-order valence-corrected chi connectivity index (χ4v) is 3.09. The van der Waals surface area contributed by atoms with Gasteiger partial charge in [-0.2, -0.15) is 4.98 Å². The summed E-state index contributed by atoms with van der Waals surface area (Å²) in [6, 6.07) is 3.47. The van der Waals surface area contributed by atoms with Gasteiger partial charge in [0.2, 0.25) is 0 Å². The molecule has 0 saturated heterocycles. The highest BCUT2D eigenvalue weighted by molar-refractivity contribution is 5.81. The lowest BCUT2D eigenvalue weighted by Crippen LogP contribution is -2.47. The fourth-order valence-electron chi connectivity index (χ4n) is 3.09. The zero-order valence-corrected chi connectivity index (χ0v) is 15.8. The van der Waals surface area contributed by atoms with E-state index >= 15 is 0 Å². The molecule has 1 aromatic rings. The second kappa shape index (κ2) is 7.97. The maximum atomic E-state index is 12.2. The number of aliphatic hydroxyl groups excluding tert-OH is 5. The Morgan fingerprint density at radius 2 is 1.62 bits per heavy atom. The normalized spacial score (nSPS) is 16.1. The summed E-state index contributed by atoms with van der Waals surface area (Å²) in [5.41, 5.74) is 0.864. The molecule has 6 N–H and O–H groups in total. The number of hydrogen-bond donors (Lipinski definition) is 6. The molecule has 29 heavy (non-hydrogen) atoms. The van der Waals surface area contributed by atoms with Crippen LogP contribution in [-0.4, -0.2) is 76.1 Å². The zero-order valence-electron chi connectivity index (χ0n) is 15.8. The van der Waals surface area contributed by atoms with Gasteiger partial charge in [0.05, 0.1) is 24.2 Å². The molecule has 11 heteroatoms. The molecule has 0 radical (unpaired) electrons. The van der Waals surface area contributed by atoms with Crippen molar-refractivity contribution in [3.63, 3.8) is 0 Å². The molecular formula is C18H22N4O7. The third kappa shape index (κ3) is 3.91. The molecule has 0 unspecified atom stereocenters. The molecule has 4 atom stereocenters. The first-order chi connectivity index (χ1) is 13.6. The van der Waals surface area contributed by atoms with Gasteiger partial charge in [0.1, 0.15) is 24.4 Å². The van der Waals surface area contributed by atoms with Crippen LogP contribution >= 0.6 is 0 Å². The van der Waals surface area contributed by atoms with Crippen LogP contribution in [-0.2, 0) is 6.54 Å². The van der Waals surface area contributed by atoms with Gasteiger partial charge < -0.3 is 30.1 Å². The topological polar surface area (TPSA) is 182 Å². The fraction of sp³-hybridized carbons (Fsp3) is 0.444. The Bertz CT molecular complexity index is 1130. The molecule has 2 heterocycles. The van der Waals surface area contributed by atoms with E-state index in [1.165, 1.54) is 4.57 Å². The summed E-state index contributed by atoms with van der Waals surface area (Å²) in [5, 5.41) is 48.9. The zero-order chi connectivity index (χ0) is 21.5. The number of nitrogens with one attached hydrogen (secondary N) is 1. The van der Waals surface area contributed by atoms with Crippen LogP contribution in [0.1, 0.15) is 11.1 Å². The highest BCUT2D eigenvalue weighted by Gasteiger charge is 2.31. The van der Waals surface area contributed by atoms with Crippen molar-refractivity contribution in [1.82, 2.24) is 19.5 Å². The molecular weight excluding hydrogens is 384 g/mol. The number of benzene rings is 1. The molecule has 0 bridgehead atoms. The summed E-state index contributed by atoms with van der Waals surface area (Å²) in [4.78, 5) is 34.1.